The quantitative estimate of drug-likeness (QED) is 0.614. The minimum atomic E-state index is -0.114. The first-order valence-corrected chi connectivity index (χ1v) is 9.24. The minimum absolute atomic E-state index is 0.114. The van der Waals surface area contributed by atoms with Gasteiger partial charge in [0.1, 0.15) is 17.9 Å². The summed E-state index contributed by atoms with van der Waals surface area (Å²) in [6.45, 7) is 0. The Labute approximate surface area is 167 Å². The molecule has 1 aliphatic rings. The number of halogens is 1. The molecule has 1 aliphatic carbocycles. The zero-order chi connectivity index (χ0) is 19.7. The van der Waals surface area contributed by atoms with Gasteiger partial charge in [-0.1, -0.05) is 11.6 Å². The van der Waals surface area contributed by atoms with Crippen LogP contribution in [-0.2, 0) is 13.5 Å². The third-order valence-electron chi connectivity index (χ3n) is 4.81. The van der Waals surface area contributed by atoms with Crippen LogP contribution in [0.5, 0.6) is 5.75 Å². The van der Waals surface area contributed by atoms with Gasteiger partial charge in [0.05, 0.1) is 28.2 Å². The molecule has 1 unspecified atom stereocenters. The maximum Gasteiger partial charge on any atom is 0.124 e. The molecule has 28 heavy (non-hydrogen) atoms. The fraction of sp³-hybridized carbons (Fsp3) is 0.190. The van der Waals surface area contributed by atoms with Crippen LogP contribution in [-0.4, -0.2) is 16.0 Å². The lowest BCUT2D eigenvalue weighted by Crippen LogP contribution is -2.05. The fourth-order valence-electron chi connectivity index (χ4n) is 3.45. The van der Waals surface area contributed by atoms with Gasteiger partial charge in [0.2, 0.25) is 0 Å². The molecule has 3 aromatic rings. The maximum atomic E-state index is 9.16. The van der Waals surface area contributed by atoms with Crippen molar-refractivity contribution in [3.05, 3.63) is 70.0 Å². The molecule has 0 bridgehead atoms. The average molecular weight is 392 g/mol. The van der Waals surface area contributed by atoms with Crippen molar-refractivity contribution in [3.8, 4) is 11.8 Å². The third kappa shape index (κ3) is 3.45. The van der Waals surface area contributed by atoms with Crippen molar-refractivity contribution in [3.63, 3.8) is 0 Å². The summed E-state index contributed by atoms with van der Waals surface area (Å²) in [5.74, 6) is 0.704. The number of benzene rings is 2. The van der Waals surface area contributed by atoms with Crippen LogP contribution >= 0.6 is 11.6 Å². The van der Waals surface area contributed by atoms with Crippen molar-refractivity contribution in [2.75, 3.05) is 5.32 Å². The Hall–Kier alpha value is -3.30. The number of aromatic nitrogens is 2. The molecule has 0 saturated heterocycles. The monoisotopic (exact) mass is 391 g/mol. The van der Waals surface area contributed by atoms with E-state index >= 15 is 0 Å². The van der Waals surface area contributed by atoms with E-state index in [0.717, 1.165) is 40.9 Å². The molecule has 140 valence electrons. The molecule has 1 atom stereocenters. The maximum absolute atomic E-state index is 9.16. The van der Waals surface area contributed by atoms with Crippen LogP contribution in [0.25, 0.3) is 0 Å². The molecule has 0 amide bonds. The van der Waals surface area contributed by atoms with Crippen molar-refractivity contribution in [1.29, 1.82) is 10.7 Å². The van der Waals surface area contributed by atoms with Crippen LogP contribution in [0, 0.1) is 16.7 Å². The summed E-state index contributed by atoms with van der Waals surface area (Å²) in [5, 5.41) is 24.7. The highest BCUT2D eigenvalue weighted by molar-refractivity contribution is 6.31. The van der Waals surface area contributed by atoms with Gasteiger partial charge < -0.3 is 15.5 Å². The van der Waals surface area contributed by atoms with Crippen molar-refractivity contribution in [1.82, 2.24) is 9.78 Å². The Balaban J connectivity index is 1.60. The Morgan fingerprint density at radius 3 is 2.96 bits per heavy atom. The Bertz CT molecular complexity index is 1100. The van der Waals surface area contributed by atoms with E-state index < -0.39 is 0 Å². The van der Waals surface area contributed by atoms with Gasteiger partial charge in [-0.05, 0) is 48.2 Å². The molecule has 1 heterocycles. The molecule has 0 saturated carbocycles. The summed E-state index contributed by atoms with van der Waals surface area (Å²) in [5.41, 5.74) is 5.00. The van der Waals surface area contributed by atoms with Gasteiger partial charge in [0, 0.05) is 31.1 Å². The Morgan fingerprint density at radius 2 is 2.25 bits per heavy atom. The smallest absolute Gasteiger partial charge is 0.124 e. The molecule has 0 spiro atoms. The fourth-order valence-corrected chi connectivity index (χ4v) is 3.66. The van der Waals surface area contributed by atoms with E-state index in [2.05, 4.69) is 16.5 Å². The van der Waals surface area contributed by atoms with E-state index in [9.17, 15) is 0 Å². The largest absolute Gasteiger partial charge is 0.486 e. The van der Waals surface area contributed by atoms with Gasteiger partial charge in [-0.2, -0.15) is 10.4 Å². The number of anilines is 2. The lowest BCUT2D eigenvalue weighted by atomic mass is 10.1. The zero-order valence-electron chi connectivity index (χ0n) is 15.2. The van der Waals surface area contributed by atoms with E-state index in [4.69, 9.17) is 27.0 Å². The third-order valence-corrected chi connectivity index (χ3v) is 5.13. The lowest BCUT2D eigenvalue weighted by molar-refractivity contribution is 0.208. The van der Waals surface area contributed by atoms with Crippen molar-refractivity contribution < 1.29 is 4.74 Å². The molecule has 1 aromatic heterocycles. The van der Waals surface area contributed by atoms with Crippen molar-refractivity contribution in [2.45, 2.75) is 18.9 Å². The number of hydrogen-bond donors (Lipinski definition) is 2. The van der Waals surface area contributed by atoms with E-state index in [1.54, 1.807) is 10.9 Å². The second kappa shape index (κ2) is 7.37. The van der Waals surface area contributed by atoms with Crippen LogP contribution in [0.2, 0.25) is 5.02 Å². The number of fused-ring (bicyclic) bond motifs is 1. The molecule has 0 aliphatic heterocycles. The van der Waals surface area contributed by atoms with Gasteiger partial charge in [-0.3, -0.25) is 4.68 Å². The van der Waals surface area contributed by atoms with Gasteiger partial charge in [-0.15, -0.1) is 0 Å². The minimum Gasteiger partial charge on any atom is -0.486 e. The summed E-state index contributed by atoms with van der Waals surface area (Å²) in [6.07, 6.45) is 6.46. The number of rotatable bonds is 5. The number of nitrogens with zero attached hydrogens (tertiary/aromatic N) is 3. The number of hydrogen-bond acceptors (Lipinski definition) is 5. The first kappa shape index (κ1) is 18.1. The van der Waals surface area contributed by atoms with E-state index in [0.29, 0.717) is 16.3 Å². The highest BCUT2D eigenvalue weighted by atomic mass is 35.5. The second-order valence-corrected chi connectivity index (χ2v) is 7.12. The summed E-state index contributed by atoms with van der Waals surface area (Å²) in [7, 11) is 1.85. The van der Waals surface area contributed by atoms with Crippen LogP contribution < -0.4 is 10.1 Å². The predicted molar refractivity (Wildman–Crippen MR) is 109 cm³/mol. The van der Waals surface area contributed by atoms with Gasteiger partial charge in [-0.25, -0.2) is 0 Å². The number of aryl methyl sites for hydroxylation is 2. The second-order valence-electron chi connectivity index (χ2n) is 6.71. The number of ether oxygens (including phenoxy) is 1. The molecule has 7 heteroatoms. The van der Waals surface area contributed by atoms with E-state index in [1.807, 2.05) is 43.6 Å². The molecular weight excluding hydrogens is 374 g/mol. The standard InChI is InChI=1S/C21H18ClN5O/c1-27-12-16(11-25-27)26-20-7-17(4-2-14(20)9-23)28-21-5-3-13-6-15(10-24)19(22)8-18(13)21/h2,4,6-9,11-12,21,23,26H,3,5H2,1H3. The van der Waals surface area contributed by atoms with E-state index in [-0.39, 0.29) is 6.10 Å². The Morgan fingerprint density at radius 1 is 1.39 bits per heavy atom. The summed E-state index contributed by atoms with van der Waals surface area (Å²) >= 11 is 6.21. The van der Waals surface area contributed by atoms with Crippen LogP contribution in [0.15, 0.2) is 42.7 Å². The summed E-state index contributed by atoms with van der Waals surface area (Å²) in [4.78, 5) is 0. The summed E-state index contributed by atoms with van der Waals surface area (Å²) < 4.78 is 7.95. The van der Waals surface area contributed by atoms with Crippen LogP contribution in [0.4, 0.5) is 11.4 Å². The lowest BCUT2D eigenvalue weighted by Gasteiger charge is -2.17. The normalized spacial score (nSPS) is 15.0. The summed E-state index contributed by atoms with van der Waals surface area (Å²) in [6, 6.07) is 11.4. The van der Waals surface area contributed by atoms with E-state index in [1.165, 1.54) is 6.21 Å². The predicted octanol–water partition coefficient (Wildman–Crippen LogP) is 4.75. The SMILES string of the molecule is Cn1cc(Nc2cc(OC3CCc4cc(C#N)c(Cl)cc43)ccc2C=N)cn1. The number of nitriles is 1. The molecule has 0 fully saturated rings. The zero-order valence-corrected chi connectivity index (χ0v) is 16.0. The first-order chi connectivity index (χ1) is 13.6. The average Bonchev–Trinajstić information content (AvgIpc) is 3.27. The first-order valence-electron chi connectivity index (χ1n) is 8.86. The van der Waals surface area contributed by atoms with Gasteiger partial charge in [0.15, 0.2) is 0 Å². The van der Waals surface area contributed by atoms with Crippen LogP contribution in [0.1, 0.15) is 34.8 Å². The molecule has 0 radical (unpaired) electrons. The van der Waals surface area contributed by atoms with Crippen LogP contribution in [0.3, 0.4) is 0 Å². The molecule has 4 rings (SSSR count). The van der Waals surface area contributed by atoms with Crippen molar-refractivity contribution >= 4 is 29.2 Å². The highest BCUT2D eigenvalue weighted by Gasteiger charge is 2.26. The molecule has 2 N–H and O–H groups in total. The van der Waals surface area contributed by atoms with Crippen molar-refractivity contribution in [2.24, 2.45) is 7.05 Å². The molecule has 6 nitrogen and oxygen atoms in total. The number of nitrogens with one attached hydrogen (secondary N) is 2. The molecule has 2 aromatic carbocycles. The topological polar surface area (TPSA) is 86.7 Å². The van der Waals surface area contributed by atoms with Gasteiger partial charge in [0.25, 0.3) is 0 Å². The molecular formula is C21H18ClN5O. The van der Waals surface area contributed by atoms with Gasteiger partial charge >= 0.3 is 0 Å². The highest BCUT2D eigenvalue weighted by Crippen LogP contribution is 2.38. The Kier molecular flexibility index (Phi) is 4.76.